The fourth-order valence-electron chi connectivity index (χ4n) is 1.37. The molecule has 1 aromatic carbocycles. The maximum absolute atomic E-state index is 11.8. The first-order chi connectivity index (χ1) is 6.95. The molecule has 1 rings (SSSR count). The van der Waals surface area contributed by atoms with Crippen molar-refractivity contribution in [2.45, 2.75) is 25.3 Å². The van der Waals surface area contributed by atoms with E-state index in [1.54, 1.807) is 18.2 Å². The Morgan fingerprint density at radius 3 is 2.53 bits per heavy atom. The predicted molar refractivity (Wildman–Crippen MR) is 59.3 cm³/mol. The first kappa shape index (κ1) is 12.2. The molecule has 0 amide bonds. The highest BCUT2D eigenvalue weighted by molar-refractivity contribution is 7.91. The highest BCUT2D eigenvalue weighted by Gasteiger charge is 2.16. The van der Waals surface area contributed by atoms with Crippen LogP contribution in [0.5, 0.6) is 0 Å². The van der Waals surface area contributed by atoms with Crippen LogP contribution in [0, 0.1) is 5.92 Å². The van der Waals surface area contributed by atoms with Crippen molar-refractivity contribution in [3.05, 3.63) is 29.8 Å². The molecule has 84 valence electrons. The van der Waals surface area contributed by atoms with Crippen molar-refractivity contribution >= 4 is 9.84 Å². The van der Waals surface area contributed by atoms with Crippen molar-refractivity contribution in [3.8, 4) is 0 Å². The van der Waals surface area contributed by atoms with E-state index in [0.29, 0.717) is 10.5 Å². The van der Waals surface area contributed by atoms with Crippen LogP contribution in [0.2, 0.25) is 0 Å². The largest absolute Gasteiger partial charge is 0.392 e. The van der Waals surface area contributed by atoms with Gasteiger partial charge in [-0.15, -0.1) is 0 Å². The molecule has 1 aromatic rings. The van der Waals surface area contributed by atoms with Crippen LogP contribution in [-0.4, -0.2) is 19.3 Å². The summed E-state index contributed by atoms with van der Waals surface area (Å²) in [6, 6.07) is 6.45. The van der Waals surface area contributed by atoms with Gasteiger partial charge < -0.3 is 5.11 Å². The highest BCUT2D eigenvalue weighted by atomic mass is 32.2. The number of hydrogen-bond donors (Lipinski definition) is 1. The quantitative estimate of drug-likeness (QED) is 0.851. The minimum absolute atomic E-state index is 0.104. The minimum Gasteiger partial charge on any atom is -0.392 e. The van der Waals surface area contributed by atoms with Gasteiger partial charge in [0.1, 0.15) is 0 Å². The van der Waals surface area contributed by atoms with Gasteiger partial charge in [0.25, 0.3) is 0 Å². The summed E-state index contributed by atoms with van der Waals surface area (Å²) in [7, 11) is -3.20. The molecule has 0 aliphatic rings. The molecule has 4 heteroatoms. The van der Waals surface area contributed by atoms with E-state index in [1.807, 2.05) is 13.8 Å². The Labute approximate surface area is 90.7 Å². The van der Waals surface area contributed by atoms with E-state index in [4.69, 9.17) is 5.11 Å². The van der Waals surface area contributed by atoms with Crippen LogP contribution in [0.15, 0.2) is 29.2 Å². The molecule has 0 atom stereocenters. The van der Waals surface area contributed by atoms with E-state index in [2.05, 4.69) is 0 Å². The maximum Gasteiger partial charge on any atom is 0.178 e. The summed E-state index contributed by atoms with van der Waals surface area (Å²) in [4.78, 5) is 0.294. The van der Waals surface area contributed by atoms with Crippen LogP contribution in [0.25, 0.3) is 0 Å². The Kier molecular flexibility index (Phi) is 3.88. The average molecular weight is 228 g/mol. The molecule has 1 N–H and O–H groups in total. The van der Waals surface area contributed by atoms with Gasteiger partial charge >= 0.3 is 0 Å². The van der Waals surface area contributed by atoms with Crippen LogP contribution in [0.3, 0.4) is 0 Å². The SMILES string of the molecule is CC(C)CS(=O)(=O)c1cccc(CO)c1. The number of aliphatic hydroxyl groups is 1. The van der Waals surface area contributed by atoms with E-state index in [9.17, 15) is 8.42 Å². The van der Waals surface area contributed by atoms with Gasteiger partial charge in [0.2, 0.25) is 0 Å². The molecule has 0 bridgehead atoms. The van der Waals surface area contributed by atoms with Gasteiger partial charge in [-0.25, -0.2) is 8.42 Å². The molecule has 0 fully saturated rings. The van der Waals surface area contributed by atoms with Crippen LogP contribution < -0.4 is 0 Å². The van der Waals surface area contributed by atoms with Crippen LogP contribution in [-0.2, 0) is 16.4 Å². The lowest BCUT2D eigenvalue weighted by Gasteiger charge is -2.07. The second kappa shape index (κ2) is 4.77. The molecule has 0 spiro atoms. The van der Waals surface area contributed by atoms with Gasteiger partial charge in [-0.1, -0.05) is 26.0 Å². The summed E-state index contributed by atoms with van der Waals surface area (Å²) in [5.74, 6) is 0.245. The smallest absolute Gasteiger partial charge is 0.178 e. The molecule has 0 aromatic heterocycles. The summed E-state index contributed by atoms with van der Waals surface area (Å²) in [5.41, 5.74) is 0.625. The van der Waals surface area contributed by atoms with Crippen molar-refractivity contribution in [2.75, 3.05) is 5.75 Å². The van der Waals surface area contributed by atoms with E-state index >= 15 is 0 Å². The topological polar surface area (TPSA) is 54.4 Å². The minimum atomic E-state index is -3.20. The first-order valence-corrected chi connectivity index (χ1v) is 6.53. The van der Waals surface area contributed by atoms with Crippen LogP contribution in [0.4, 0.5) is 0 Å². The number of hydrogen-bond acceptors (Lipinski definition) is 3. The molecule has 3 nitrogen and oxygen atoms in total. The summed E-state index contributed by atoms with van der Waals surface area (Å²) >= 11 is 0. The summed E-state index contributed by atoms with van der Waals surface area (Å²) < 4.78 is 23.7. The fourth-order valence-corrected chi connectivity index (χ4v) is 3.06. The normalized spacial score (nSPS) is 12.0. The molecule has 0 aliphatic heterocycles. The summed E-state index contributed by atoms with van der Waals surface area (Å²) in [5, 5.41) is 8.91. The van der Waals surface area contributed by atoms with Gasteiger partial charge in [-0.3, -0.25) is 0 Å². The van der Waals surface area contributed by atoms with Crippen molar-refractivity contribution in [2.24, 2.45) is 5.92 Å². The summed E-state index contributed by atoms with van der Waals surface area (Å²) in [6.45, 7) is 3.60. The van der Waals surface area contributed by atoms with Gasteiger partial charge in [-0.2, -0.15) is 0 Å². The molecule has 0 unspecified atom stereocenters. The Balaban J connectivity index is 3.04. The Bertz CT molecular complexity index is 421. The zero-order valence-corrected chi connectivity index (χ0v) is 9.79. The van der Waals surface area contributed by atoms with E-state index in [1.165, 1.54) is 6.07 Å². The van der Waals surface area contributed by atoms with Crippen LogP contribution >= 0.6 is 0 Å². The Morgan fingerprint density at radius 2 is 2.00 bits per heavy atom. The van der Waals surface area contributed by atoms with E-state index in [0.717, 1.165) is 0 Å². The third kappa shape index (κ3) is 3.32. The lowest BCUT2D eigenvalue weighted by Crippen LogP contribution is -2.12. The third-order valence-electron chi connectivity index (χ3n) is 1.99. The van der Waals surface area contributed by atoms with Crippen molar-refractivity contribution in [1.82, 2.24) is 0 Å². The van der Waals surface area contributed by atoms with Gasteiger partial charge in [0.15, 0.2) is 9.84 Å². The van der Waals surface area contributed by atoms with Crippen molar-refractivity contribution in [1.29, 1.82) is 0 Å². The fraction of sp³-hybridized carbons (Fsp3) is 0.455. The van der Waals surface area contributed by atoms with E-state index < -0.39 is 9.84 Å². The van der Waals surface area contributed by atoms with Gasteiger partial charge in [0.05, 0.1) is 17.3 Å². The number of benzene rings is 1. The standard InChI is InChI=1S/C11H16O3S/c1-9(2)8-15(13,14)11-5-3-4-10(6-11)7-12/h3-6,9,12H,7-8H2,1-2H3. The zero-order valence-electron chi connectivity index (χ0n) is 8.97. The number of rotatable bonds is 4. The van der Waals surface area contributed by atoms with Crippen molar-refractivity contribution < 1.29 is 13.5 Å². The number of sulfone groups is 1. The lowest BCUT2D eigenvalue weighted by atomic mass is 10.2. The second-order valence-corrected chi connectivity index (χ2v) is 6.02. The first-order valence-electron chi connectivity index (χ1n) is 4.88. The maximum atomic E-state index is 11.8. The molecule has 0 aliphatic carbocycles. The summed E-state index contributed by atoms with van der Waals surface area (Å²) in [6.07, 6.45) is 0. The highest BCUT2D eigenvalue weighted by Crippen LogP contribution is 2.15. The van der Waals surface area contributed by atoms with Gasteiger partial charge in [0, 0.05) is 0 Å². The molecular weight excluding hydrogens is 212 g/mol. The Hall–Kier alpha value is -0.870. The van der Waals surface area contributed by atoms with Gasteiger partial charge in [-0.05, 0) is 23.6 Å². The average Bonchev–Trinajstić information content (AvgIpc) is 2.16. The molecule has 15 heavy (non-hydrogen) atoms. The third-order valence-corrected chi connectivity index (χ3v) is 4.07. The number of aliphatic hydroxyl groups excluding tert-OH is 1. The lowest BCUT2D eigenvalue weighted by molar-refractivity contribution is 0.281. The molecular formula is C11H16O3S. The molecule has 0 saturated carbocycles. The zero-order chi connectivity index (χ0) is 11.5. The molecule has 0 saturated heterocycles. The predicted octanol–water partition coefficient (Wildman–Crippen LogP) is 1.61. The molecule has 0 radical (unpaired) electrons. The second-order valence-electron chi connectivity index (χ2n) is 3.98. The van der Waals surface area contributed by atoms with E-state index in [-0.39, 0.29) is 18.3 Å². The van der Waals surface area contributed by atoms with Crippen LogP contribution in [0.1, 0.15) is 19.4 Å². The Morgan fingerprint density at radius 1 is 1.33 bits per heavy atom. The monoisotopic (exact) mass is 228 g/mol. The molecule has 0 heterocycles. The van der Waals surface area contributed by atoms with Crippen molar-refractivity contribution in [3.63, 3.8) is 0 Å².